The van der Waals surface area contributed by atoms with Gasteiger partial charge in [0.15, 0.2) is 0 Å². The molecule has 7 nitrogen and oxygen atoms in total. The van der Waals surface area contributed by atoms with Gasteiger partial charge in [-0.2, -0.15) is 0 Å². The smallest absolute Gasteiger partial charge is 0.267 e. The highest BCUT2D eigenvalue weighted by Crippen LogP contribution is 2.37. The highest BCUT2D eigenvalue weighted by atomic mass is 19.1. The summed E-state index contributed by atoms with van der Waals surface area (Å²) in [6.45, 7) is 7.88. The zero-order chi connectivity index (χ0) is 25.1. The monoisotopic (exact) mass is 492 g/mol. The number of fused-ring (bicyclic) bond motifs is 1. The number of amides is 1. The summed E-state index contributed by atoms with van der Waals surface area (Å²) in [5, 5.41) is 9.88. The topological polar surface area (TPSA) is 80.8 Å². The first-order valence-electron chi connectivity index (χ1n) is 12.6. The van der Waals surface area contributed by atoms with Gasteiger partial charge in [0.05, 0.1) is 13.2 Å². The molecule has 0 aliphatic carbocycles. The molecule has 3 heterocycles. The summed E-state index contributed by atoms with van der Waals surface area (Å²) in [5.41, 5.74) is 7.75. The Morgan fingerprint density at radius 1 is 1.22 bits per heavy atom. The second kappa shape index (κ2) is 10.8. The summed E-state index contributed by atoms with van der Waals surface area (Å²) in [6, 6.07) is 11.7. The first-order chi connectivity index (χ1) is 17.5. The minimum Gasteiger partial charge on any atom is -0.378 e. The van der Waals surface area contributed by atoms with E-state index >= 15 is 0 Å². The predicted octanol–water partition coefficient (Wildman–Crippen LogP) is 4.35. The zero-order valence-electron chi connectivity index (χ0n) is 20.6. The number of aromatic nitrogens is 1. The molecule has 3 N–H and O–H groups in total. The number of anilines is 1. The number of hydrogen-bond donors (Lipinski definition) is 3. The molecule has 1 amide bonds. The van der Waals surface area contributed by atoms with Gasteiger partial charge in [0.2, 0.25) is 0 Å². The van der Waals surface area contributed by atoms with Gasteiger partial charge in [-0.1, -0.05) is 12.1 Å². The number of halogens is 1. The van der Waals surface area contributed by atoms with E-state index in [0.29, 0.717) is 23.6 Å². The molecule has 2 aliphatic rings. The third-order valence-corrected chi connectivity index (χ3v) is 7.32. The maximum atomic E-state index is 14.8. The lowest BCUT2D eigenvalue weighted by Crippen LogP contribution is -2.36. The number of H-pyrrole nitrogens is 1. The van der Waals surface area contributed by atoms with E-state index in [0.717, 1.165) is 58.3 Å². The van der Waals surface area contributed by atoms with Crippen molar-refractivity contribution in [2.45, 2.75) is 32.2 Å². The number of ether oxygens (including phenoxy) is 1. The molecule has 1 atom stereocenters. The molecule has 1 aromatic heterocycles. The molecule has 0 spiro atoms. The molecular formula is C28H33FN4O3. The normalized spacial score (nSPS) is 19.3. The maximum Gasteiger partial charge on any atom is 0.267 e. The Morgan fingerprint density at radius 3 is 2.83 bits per heavy atom. The Kier molecular flexibility index (Phi) is 7.36. The third kappa shape index (κ3) is 5.31. The van der Waals surface area contributed by atoms with Crippen LogP contribution >= 0.6 is 0 Å². The van der Waals surface area contributed by atoms with Gasteiger partial charge in [0.1, 0.15) is 5.82 Å². The van der Waals surface area contributed by atoms with Crippen molar-refractivity contribution in [3.63, 3.8) is 0 Å². The van der Waals surface area contributed by atoms with Crippen LogP contribution in [0.2, 0.25) is 0 Å². The van der Waals surface area contributed by atoms with Crippen molar-refractivity contribution in [2.75, 3.05) is 44.3 Å². The minimum atomic E-state index is -0.650. The molecule has 5 rings (SSSR count). The van der Waals surface area contributed by atoms with Crippen molar-refractivity contribution >= 4 is 28.6 Å². The Hall–Kier alpha value is -3.20. The molecule has 0 saturated carbocycles. The van der Waals surface area contributed by atoms with Gasteiger partial charge in [-0.15, -0.1) is 0 Å². The average Bonchev–Trinajstić information content (AvgIpc) is 3.24. The first-order valence-corrected chi connectivity index (χ1v) is 12.6. The number of aryl methyl sites for hydroxylation is 1. The molecule has 2 aromatic carbocycles. The van der Waals surface area contributed by atoms with Gasteiger partial charge in [0.25, 0.3) is 5.91 Å². The largest absolute Gasteiger partial charge is 0.378 e. The molecular weight excluding hydrogens is 459 g/mol. The van der Waals surface area contributed by atoms with Crippen LogP contribution < -0.4 is 10.4 Å². The van der Waals surface area contributed by atoms with Crippen LogP contribution in [0.3, 0.4) is 0 Å². The number of piperidine rings is 1. The predicted molar refractivity (Wildman–Crippen MR) is 139 cm³/mol. The number of hydroxylamine groups is 1. The van der Waals surface area contributed by atoms with E-state index in [-0.39, 0.29) is 5.82 Å². The summed E-state index contributed by atoms with van der Waals surface area (Å²) < 4.78 is 20.4. The summed E-state index contributed by atoms with van der Waals surface area (Å²) in [6.07, 6.45) is 4.82. The van der Waals surface area contributed by atoms with Crippen molar-refractivity contribution in [1.29, 1.82) is 0 Å². The van der Waals surface area contributed by atoms with Gasteiger partial charge < -0.3 is 14.6 Å². The first kappa shape index (κ1) is 24.5. The average molecular weight is 493 g/mol. The Labute approximate surface area is 210 Å². The van der Waals surface area contributed by atoms with Gasteiger partial charge in [0, 0.05) is 60.1 Å². The van der Waals surface area contributed by atoms with Crippen molar-refractivity contribution in [2.24, 2.45) is 0 Å². The Bertz CT molecular complexity index is 1270. The number of morpholine rings is 1. The number of nitrogens with one attached hydrogen (secondary N) is 2. The van der Waals surface area contributed by atoms with Crippen LogP contribution in [-0.2, 0) is 16.1 Å². The number of nitrogens with zero attached hydrogens (tertiary/aromatic N) is 2. The number of carbonyl (C=O) groups is 1. The maximum absolute atomic E-state index is 14.8. The van der Waals surface area contributed by atoms with Crippen LogP contribution in [0.4, 0.5) is 10.1 Å². The molecule has 36 heavy (non-hydrogen) atoms. The van der Waals surface area contributed by atoms with Crippen LogP contribution in [0.1, 0.15) is 41.1 Å². The van der Waals surface area contributed by atoms with Crippen molar-refractivity contribution in [1.82, 2.24) is 15.4 Å². The van der Waals surface area contributed by atoms with E-state index in [1.807, 2.05) is 0 Å². The molecule has 190 valence electrons. The fraction of sp³-hybridized carbons (Fsp3) is 0.393. The van der Waals surface area contributed by atoms with Crippen molar-refractivity contribution in [3.8, 4) is 0 Å². The van der Waals surface area contributed by atoms with Crippen molar-refractivity contribution in [3.05, 3.63) is 70.7 Å². The third-order valence-electron chi connectivity index (χ3n) is 7.32. The standard InChI is InChI=1S/C28H33FN4O3/c1-19-28(24-16-23(7-8-26(24)30-19)33-11-13-36-14-12-33)22-3-2-10-32(18-22)17-21-6-4-20(15-25(21)29)5-9-27(34)31-35/h4-9,15-16,22,30,35H,2-3,10-14,17-18H2,1H3,(H,31,34)/b9-5+. The highest BCUT2D eigenvalue weighted by Gasteiger charge is 2.26. The molecule has 3 aromatic rings. The SMILES string of the molecule is Cc1[nH]c2ccc(N3CCOCC3)cc2c1C1CCCN(Cc2ccc(/C=C/C(=O)NO)cc2F)C1. The highest BCUT2D eigenvalue weighted by molar-refractivity contribution is 5.91. The Balaban J connectivity index is 1.33. The van der Waals surface area contributed by atoms with Gasteiger partial charge in [-0.3, -0.25) is 14.9 Å². The van der Waals surface area contributed by atoms with Crippen LogP contribution in [0, 0.1) is 12.7 Å². The number of benzene rings is 2. The fourth-order valence-electron chi connectivity index (χ4n) is 5.56. The van der Waals surface area contributed by atoms with Crippen LogP contribution in [-0.4, -0.2) is 60.4 Å². The second-order valence-corrected chi connectivity index (χ2v) is 9.73. The number of likely N-dealkylation sites (tertiary alicyclic amines) is 1. The number of carbonyl (C=O) groups excluding carboxylic acids is 1. The van der Waals surface area contributed by atoms with E-state index in [1.54, 1.807) is 12.1 Å². The lowest BCUT2D eigenvalue weighted by atomic mass is 9.88. The van der Waals surface area contributed by atoms with E-state index in [4.69, 9.17) is 9.94 Å². The minimum absolute atomic E-state index is 0.290. The quantitative estimate of drug-likeness (QED) is 0.271. The number of rotatable bonds is 6. The van der Waals surface area contributed by atoms with E-state index in [9.17, 15) is 9.18 Å². The molecule has 2 fully saturated rings. The summed E-state index contributed by atoms with van der Waals surface area (Å²) >= 11 is 0. The lowest BCUT2D eigenvalue weighted by molar-refractivity contribution is -0.124. The van der Waals surface area contributed by atoms with Crippen molar-refractivity contribution < 1.29 is 19.1 Å². The summed E-state index contributed by atoms with van der Waals surface area (Å²) in [4.78, 5) is 19.5. The number of hydrogen-bond acceptors (Lipinski definition) is 5. The zero-order valence-corrected chi connectivity index (χ0v) is 20.6. The Morgan fingerprint density at radius 2 is 2.06 bits per heavy atom. The number of aromatic amines is 1. The van der Waals surface area contributed by atoms with Crippen LogP contribution in [0.15, 0.2) is 42.5 Å². The second-order valence-electron chi connectivity index (χ2n) is 9.73. The van der Waals surface area contributed by atoms with E-state index < -0.39 is 5.91 Å². The van der Waals surface area contributed by atoms with Crippen LogP contribution in [0.25, 0.3) is 17.0 Å². The molecule has 8 heteroatoms. The van der Waals surface area contributed by atoms with Gasteiger partial charge in [-0.25, -0.2) is 9.87 Å². The van der Waals surface area contributed by atoms with Gasteiger partial charge in [-0.05, 0) is 73.7 Å². The summed E-state index contributed by atoms with van der Waals surface area (Å²) in [5.74, 6) is -0.555. The molecule has 2 aliphatic heterocycles. The molecule has 2 saturated heterocycles. The van der Waals surface area contributed by atoms with Crippen LogP contribution in [0.5, 0.6) is 0 Å². The molecule has 0 radical (unpaired) electrons. The van der Waals surface area contributed by atoms with E-state index in [1.165, 1.54) is 45.5 Å². The molecule has 1 unspecified atom stereocenters. The van der Waals surface area contributed by atoms with E-state index in [2.05, 4.69) is 39.9 Å². The van der Waals surface area contributed by atoms with Gasteiger partial charge >= 0.3 is 0 Å². The summed E-state index contributed by atoms with van der Waals surface area (Å²) in [7, 11) is 0. The lowest BCUT2D eigenvalue weighted by Gasteiger charge is -2.33. The fourth-order valence-corrected chi connectivity index (χ4v) is 5.56. The molecule has 0 bridgehead atoms.